The number of rotatable bonds is 8. The molecule has 0 radical (unpaired) electrons. The Bertz CT molecular complexity index is 1270. The van der Waals surface area contributed by atoms with Crippen LogP contribution in [0.5, 0.6) is 5.75 Å². The molecular formula is C26H29N5O3S. The van der Waals surface area contributed by atoms with E-state index in [1.54, 1.807) is 13.3 Å². The van der Waals surface area contributed by atoms with Gasteiger partial charge in [0.1, 0.15) is 22.6 Å². The molecule has 1 aliphatic heterocycles. The first kappa shape index (κ1) is 24.5. The van der Waals surface area contributed by atoms with Crippen LogP contribution in [0.2, 0.25) is 0 Å². The molecule has 0 spiro atoms. The average Bonchev–Trinajstić information content (AvgIpc) is 3.43. The van der Waals surface area contributed by atoms with E-state index in [9.17, 15) is 14.9 Å². The summed E-state index contributed by atoms with van der Waals surface area (Å²) in [6.45, 7) is 5.54. The number of imidazole rings is 1. The van der Waals surface area contributed by atoms with Crippen molar-refractivity contribution in [1.29, 1.82) is 5.26 Å². The van der Waals surface area contributed by atoms with Crippen LogP contribution in [0.3, 0.4) is 0 Å². The lowest BCUT2D eigenvalue weighted by Gasteiger charge is -2.27. The Hall–Kier alpha value is -3.64. The molecule has 4 rings (SSSR count). The number of benzene rings is 1. The maximum absolute atomic E-state index is 12.8. The van der Waals surface area contributed by atoms with Crippen molar-refractivity contribution in [2.24, 2.45) is 0 Å². The highest BCUT2D eigenvalue weighted by molar-refractivity contribution is 7.16. The summed E-state index contributed by atoms with van der Waals surface area (Å²) in [6.07, 6.45) is 4.91. The Morgan fingerprint density at radius 3 is 2.91 bits per heavy atom. The van der Waals surface area contributed by atoms with Crippen LogP contribution in [0.4, 0.5) is 5.00 Å². The number of nitrogens with one attached hydrogen (secondary N) is 1. The fourth-order valence-electron chi connectivity index (χ4n) is 4.36. The first-order chi connectivity index (χ1) is 16.9. The number of aryl methyl sites for hydroxylation is 2. The van der Waals surface area contributed by atoms with E-state index in [1.807, 2.05) is 53.8 Å². The number of fused-ring (bicyclic) bond motifs is 1. The molecule has 182 valence electrons. The van der Waals surface area contributed by atoms with Gasteiger partial charge >= 0.3 is 0 Å². The second-order valence-electron chi connectivity index (χ2n) is 8.73. The van der Waals surface area contributed by atoms with Gasteiger partial charge in [-0.3, -0.25) is 9.59 Å². The van der Waals surface area contributed by atoms with Crippen molar-refractivity contribution in [2.45, 2.75) is 52.1 Å². The smallest absolute Gasteiger partial charge is 0.225 e. The van der Waals surface area contributed by atoms with E-state index in [2.05, 4.69) is 16.4 Å². The van der Waals surface area contributed by atoms with Crippen molar-refractivity contribution in [3.8, 4) is 11.8 Å². The van der Waals surface area contributed by atoms with Gasteiger partial charge in [0, 0.05) is 43.2 Å². The summed E-state index contributed by atoms with van der Waals surface area (Å²) in [4.78, 5) is 32.6. The molecule has 0 saturated carbocycles. The van der Waals surface area contributed by atoms with E-state index in [4.69, 9.17) is 4.74 Å². The second kappa shape index (κ2) is 10.7. The van der Waals surface area contributed by atoms with Crippen molar-refractivity contribution in [2.75, 3.05) is 19.0 Å². The van der Waals surface area contributed by atoms with Gasteiger partial charge in [-0.05, 0) is 42.5 Å². The summed E-state index contributed by atoms with van der Waals surface area (Å²) in [5.74, 6) is 1.58. The van der Waals surface area contributed by atoms with Crippen molar-refractivity contribution >= 4 is 28.2 Å². The van der Waals surface area contributed by atoms with Gasteiger partial charge in [-0.2, -0.15) is 5.26 Å². The van der Waals surface area contributed by atoms with Gasteiger partial charge in [0.25, 0.3) is 0 Å². The molecule has 9 heteroatoms. The highest BCUT2D eigenvalue weighted by atomic mass is 32.1. The molecule has 35 heavy (non-hydrogen) atoms. The van der Waals surface area contributed by atoms with E-state index in [0.717, 1.165) is 27.6 Å². The number of anilines is 1. The second-order valence-corrected chi connectivity index (χ2v) is 9.84. The van der Waals surface area contributed by atoms with Crippen LogP contribution in [0, 0.1) is 18.3 Å². The predicted octanol–water partition coefficient (Wildman–Crippen LogP) is 4.24. The summed E-state index contributed by atoms with van der Waals surface area (Å²) in [7, 11) is 1.62. The molecule has 1 aromatic carbocycles. The van der Waals surface area contributed by atoms with Crippen molar-refractivity contribution in [3.63, 3.8) is 0 Å². The van der Waals surface area contributed by atoms with Crippen molar-refractivity contribution in [3.05, 3.63) is 64.1 Å². The number of amides is 2. The number of carbonyl (C=O) groups is 2. The van der Waals surface area contributed by atoms with Gasteiger partial charge in [-0.1, -0.05) is 19.1 Å². The number of nitrogens with zero attached hydrogens (tertiary/aromatic N) is 4. The lowest BCUT2D eigenvalue weighted by Crippen LogP contribution is -2.35. The third-order valence-electron chi connectivity index (χ3n) is 6.42. The molecule has 2 amide bonds. The Morgan fingerprint density at radius 2 is 2.20 bits per heavy atom. The standard InChI is InChI=1S/C26H29N5O3S/c1-17(19-5-4-6-20(14-19)34-3)13-24(32)29-26-22(15-27)21-7-10-31(16-23(21)35-26)25(33)8-11-30-12-9-28-18(30)2/h4-6,9,12,14,17H,7-8,10-11,13,16H2,1-3H3,(H,29,32). The lowest BCUT2D eigenvalue weighted by molar-refractivity contribution is -0.132. The molecule has 1 atom stereocenters. The third kappa shape index (κ3) is 5.54. The highest BCUT2D eigenvalue weighted by Gasteiger charge is 2.27. The van der Waals surface area contributed by atoms with Crippen LogP contribution < -0.4 is 10.1 Å². The minimum atomic E-state index is -0.140. The molecule has 1 N–H and O–H groups in total. The number of thiophene rings is 1. The van der Waals surface area contributed by atoms with Gasteiger partial charge in [0.15, 0.2) is 0 Å². The molecule has 1 unspecified atom stereocenters. The predicted molar refractivity (Wildman–Crippen MR) is 134 cm³/mol. The van der Waals surface area contributed by atoms with Crippen molar-refractivity contribution < 1.29 is 14.3 Å². The zero-order chi connectivity index (χ0) is 24.9. The first-order valence-corrected chi connectivity index (χ1v) is 12.4. The molecule has 0 aliphatic carbocycles. The normalized spacial score (nSPS) is 13.6. The zero-order valence-electron chi connectivity index (χ0n) is 20.2. The Balaban J connectivity index is 1.39. The molecule has 8 nitrogen and oxygen atoms in total. The monoisotopic (exact) mass is 491 g/mol. The van der Waals surface area contributed by atoms with Crippen molar-refractivity contribution in [1.82, 2.24) is 14.5 Å². The minimum Gasteiger partial charge on any atom is -0.497 e. The SMILES string of the molecule is COc1cccc(C(C)CC(=O)Nc2sc3c(c2C#N)CCN(C(=O)CCn2ccnc2C)C3)c1. The number of nitriles is 1. The van der Waals surface area contributed by atoms with Crippen LogP contribution >= 0.6 is 11.3 Å². The lowest BCUT2D eigenvalue weighted by atomic mass is 9.97. The van der Waals surface area contributed by atoms with Gasteiger partial charge in [-0.25, -0.2) is 4.98 Å². The summed E-state index contributed by atoms with van der Waals surface area (Å²) in [5.41, 5.74) is 2.49. The summed E-state index contributed by atoms with van der Waals surface area (Å²) < 4.78 is 7.24. The quantitative estimate of drug-likeness (QED) is 0.508. The topological polar surface area (TPSA) is 100 Å². The van der Waals surface area contributed by atoms with Gasteiger partial charge < -0.3 is 19.5 Å². The zero-order valence-corrected chi connectivity index (χ0v) is 21.0. The van der Waals surface area contributed by atoms with E-state index in [-0.39, 0.29) is 17.7 Å². The van der Waals surface area contributed by atoms with Gasteiger partial charge in [0.05, 0.1) is 19.2 Å². The van der Waals surface area contributed by atoms with E-state index >= 15 is 0 Å². The summed E-state index contributed by atoms with van der Waals surface area (Å²) in [6, 6.07) is 9.96. The molecule has 2 aromatic heterocycles. The highest BCUT2D eigenvalue weighted by Crippen LogP contribution is 2.37. The maximum Gasteiger partial charge on any atom is 0.225 e. The fraction of sp³-hybridized carbons (Fsp3) is 0.385. The average molecular weight is 492 g/mol. The fourth-order valence-corrected chi connectivity index (χ4v) is 5.59. The largest absolute Gasteiger partial charge is 0.497 e. The Kier molecular flexibility index (Phi) is 7.51. The van der Waals surface area contributed by atoms with E-state index < -0.39 is 0 Å². The minimum absolute atomic E-state index is 0.00234. The van der Waals surface area contributed by atoms with E-state index in [1.165, 1.54) is 11.3 Å². The Labute approximate surface area is 209 Å². The number of hydrogen-bond acceptors (Lipinski definition) is 6. The molecule has 0 fully saturated rings. The van der Waals surface area contributed by atoms with Crippen LogP contribution in [0.15, 0.2) is 36.7 Å². The van der Waals surface area contributed by atoms with Crippen LogP contribution in [-0.2, 0) is 29.1 Å². The van der Waals surface area contributed by atoms with E-state index in [0.29, 0.717) is 49.5 Å². The maximum atomic E-state index is 12.8. The molecular weight excluding hydrogens is 462 g/mol. The number of methoxy groups -OCH3 is 1. The first-order valence-electron chi connectivity index (χ1n) is 11.6. The number of aromatic nitrogens is 2. The van der Waals surface area contributed by atoms with Crippen LogP contribution in [0.1, 0.15) is 53.1 Å². The summed E-state index contributed by atoms with van der Waals surface area (Å²) >= 11 is 1.40. The number of ether oxygens (including phenoxy) is 1. The molecule has 3 heterocycles. The molecule has 0 bridgehead atoms. The summed E-state index contributed by atoms with van der Waals surface area (Å²) in [5, 5.41) is 13.3. The Morgan fingerprint density at radius 1 is 1.37 bits per heavy atom. The van der Waals surface area contributed by atoms with Gasteiger partial charge in [0.2, 0.25) is 11.8 Å². The van der Waals surface area contributed by atoms with Crippen LogP contribution in [0.25, 0.3) is 0 Å². The third-order valence-corrected chi connectivity index (χ3v) is 7.55. The number of hydrogen-bond donors (Lipinski definition) is 1. The van der Waals surface area contributed by atoms with Crippen LogP contribution in [-0.4, -0.2) is 39.9 Å². The number of carbonyl (C=O) groups excluding carboxylic acids is 2. The van der Waals surface area contributed by atoms with Gasteiger partial charge in [-0.15, -0.1) is 11.3 Å². The molecule has 0 saturated heterocycles. The molecule has 3 aromatic rings. The molecule has 1 aliphatic rings.